The molecule has 3 atom stereocenters. The molecule has 0 aliphatic carbocycles. The molecule has 1 fully saturated rings. The number of rotatable bonds is 2. The maximum absolute atomic E-state index is 6.73. The van der Waals surface area contributed by atoms with E-state index in [9.17, 15) is 0 Å². The van der Waals surface area contributed by atoms with Crippen LogP contribution in [0.15, 0.2) is 36.4 Å². The molecule has 2 aromatic carbocycles. The first-order valence-electron chi connectivity index (χ1n) is 6.90. The monoisotopic (exact) mass is 274 g/mol. The van der Waals surface area contributed by atoms with Gasteiger partial charge >= 0.3 is 0 Å². The van der Waals surface area contributed by atoms with Crippen LogP contribution in [0.5, 0.6) is 0 Å². The van der Waals surface area contributed by atoms with E-state index in [1.165, 1.54) is 21.9 Å². The summed E-state index contributed by atoms with van der Waals surface area (Å²) in [5.74, 6) is 0.419. The molecule has 0 aromatic heterocycles. The first kappa shape index (κ1) is 13.0. The standard InChI is InChI=1S/C17H19ClO/c1-11-7-8-16(15-6-4-3-5-14(11)15)17(18)13-9-12(2)19-10-13/h3-8,12-13,17H,9-10H2,1-2H3. The number of halogens is 1. The summed E-state index contributed by atoms with van der Waals surface area (Å²) in [6, 6.07) is 12.9. The second kappa shape index (κ2) is 5.15. The predicted molar refractivity (Wildman–Crippen MR) is 80.8 cm³/mol. The van der Waals surface area contributed by atoms with E-state index in [-0.39, 0.29) is 5.38 Å². The molecule has 0 saturated carbocycles. The van der Waals surface area contributed by atoms with Gasteiger partial charge in [-0.2, -0.15) is 0 Å². The summed E-state index contributed by atoms with van der Waals surface area (Å²) in [6.45, 7) is 5.05. The fourth-order valence-corrected chi connectivity index (χ4v) is 3.39. The van der Waals surface area contributed by atoms with E-state index in [0.717, 1.165) is 13.0 Å². The Morgan fingerprint density at radius 1 is 1.16 bits per heavy atom. The molecular formula is C17H19ClO. The molecule has 19 heavy (non-hydrogen) atoms. The van der Waals surface area contributed by atoms with Gasteiger partial charge in [0, 0.05) is 5.92 Å². The molecule has 0 radical (unpaired) electrons. The minimum atomic E-state index is 0.0375. The Balaban J connectivity index is 2.03. The van der Waals surface area contributed by atoms with Crippen LogP contribution in [0.1, 0.15) is 29.8 Å². The second-order valence-corrected chi connectivity index (χ2v) is 6.03. The lowest BCUT2D eigenvalue weighted by Crippen LogP contribution is -2.08. The highest BCUT2D eigenvalue weighted by molar-refractivity contribution is 6.22. The van der Waals surface area contributed by atoms with Gasteiger partial charge in [-0.3, -0.25) is 0 Å². The minimum absolute atomic E-state index is 0.0375. The summed E-state index contributed by atoms with van der Waals surface area (Å²) in [6.07, 6.45) is 1.39. The van der Waals surface area contributed by atoms with Crippen molar-refractivity contribution in [2.45, 2.75) is 31.7 Å². The number of hydrogen-bond donors (Lipinski definition) is 0. The molecule has 3 unspecified atom stereocenters. The lowest BCUT2D eigenvalue weighted by atomic mass is 9.91. The average molecular weight is 275 g/mol. The Hall–Kier alpha value is -1.05. The summed E-state index contributed by atoms with van der Waals surface area (Å²) in [5.41, 5.74) is 2.55. The summed E-state index contributed by atoms with van der Waals surface area (Å²) >= 11 is 6.73. The highest BCUT2D eigenvalue weighted by Gasteiger charge is 2.30. The molecule has 2 aromatic rings. The highest BCUT2D eigenvalue weighted by Crippen LogP contribution is 2.39. The zero-order chi connectivity index (χ0) is 13.4. The number of benzene rings is 2. The van der Waals surface area contributed by atoms with E-state index >= 15 is 0 Å². The van der Waals surface area contributed by atoms with Gasteiger partial charge in [0.1, 0.15) is 0 Å². The molecule has 0 amide bonds. The largest absolute Gasteiger partial charge is 0.378 e. The molecule has 1 aliphatic heterocycles. The Morgan fingerprint density at radius 2 is 1.89 bits per heavy atom. The van der Waals surface area contributed by atoms with Crippen LogP contribution < -0.4 is 0 Å². The van der Waals surface area contributed by atoms with E-state index in [2.05, 4.69) is 50.2 Å². The van der Waals surface area contributed by atoms with Crippen molar-refractivity contribution in [3.05, 3.63) is 47.5 Å². The Morgan fingerprint density at radius 3 is 2.58 bits per heavy atom. The van der Waals surface area contributed by atoms with Gasteiger partial charge in [0.15, 0.2) is 0 Å². The second-order valence-electron chi connectivity index (χ2n) is 5.56. The normalized spacial score (nSPS) is 24.8. The van der Waals surface area contributed by atoms with Crippen LogP contribution >= 0.6 is 11.6 Å². The van der Waals surface area contributed by atoms with Crippen molar-refractivity contribution < 1.29 is 4.74 Å². The SMILES string of the molecule is Cc1ccc(C(Cl)C2COC(C)C2)c2ccccc12. The third-order valence-electron chi connectivity index (χ3n) is 4.12. The van der Waals surface area contributed by atoms with Gasteiger partial charge in [0.05, 0.1) is 18.1 Å². The lowest BCUT2D eigenvalue weighted by Gasteiger charge is -2.19. The van der Waals surface area contributed by atoms with Gasteiger partial charge in [-0.15, -0.1) is 11.6 Å². The fraction of sp³-hybridized carbons (Fsp3) is 0.412. The quantitative estimate of drug-likeness (QED) is 0.711. The first-order valence-corrected chi connectivity index (χ1v) is 7.34. The molecule has 3 rings (SSSR count). The van der Waals surface area contributed by atoms with Crippen LogP contribution in [0.25, 0.3) is 10.8 Å². The molecule has 0 bridgehead atoms. The van der Waals surface area contributed by atoms with E-state index in [1.54, 1.807) is 0 Å². The van der Waals surface area contributed by atoms with Crippen LogP contribution in [0, 0.1) is 12.8 Å². The fourth-order valence-electron chi connectivity index (χ4n) is 3.02. The maximum Gasteiger partial charge on any atom is 0.0642 e. The Labute approximate surface area is 119 Å². The zero-order valence-corrected chi connectivity index (χ0v) is 12.2. The van der Waals surface area contributed by atoms with Gasteiger partial charge in [-0.25, -0.2) is 0 Å². The molecule has 100 valence electrons. The van der Waals surface area contributed by atoms with E-state index in [4.69, 9.17) is 16.3 Å². The lowest BCUT2D eigenvalue weighted by molar-refractivity contribution is 0.120. The van der Waals surface area contributed by atoms with E-state index in [0.29, 0.717) is 12.0 Å². The zero-order valence-electron chi connectivity index (χ0n) is 11.4. The van der Waals surface area contributed by atoms with Crippen LogP contribution in [0.2, 0.25) is 0 Å². The third-order valence-corrected chi connectivity index (χ3v) is 4.71. The van der Waals surface area contributed by atoms with Crippen LogP contribution in [-0.4, -0.2) is 12.7 Å². The van der Waals surface area contributed by atoms with E-state index in [1.807, 2.05) is 0 Å². The molecule has 1 nitrogen and oxygen atoms in total. The van der Waals surface area contributed by atoms with Crippen molar-refractivity contribution in [2.75, 3.05) is 6.61 Å². The highest BCUT2D eigenvalue weighted by atomic mass is 35.5. The van der Waals surface area contributed by atoms with Gasteiger partial charge in [0.2, 0.25) is 0 Å². The molecule has 1 aliphatic rings. The molecule has 0 spiro atoms. The summed E-state index contributed by atoms with van der Waals surface area (Å²) in [7, 11) is 0. The van der Waals surface area contributed by atoms with Gasteiger partial charge in [0.25, 0.3) is 0 Å². The predicted octanol–water partition coefficient (Wildman–Crippen LogP) is 4.85. The van der Waals surface area contributed by atoms with Gasteiger partial charge in [-0.1, -0.05) is 36.4 Å². The molecule has 1 saturated heterocycles. The third kappa shape index (κ3) is 2.37. The van der Waals surface area contributed by atoms with Crippen LogP contribution in [-0.2, 0) is 4.74 Å². The Bertz CT molecular complexity index is 593. The number of fused-ring (bicyclic) bond motifs is 1. The summed E-state index contributed by atoms with van der Waals surface area (Å²) in [4.78, 5) is 0. The molecule has 0 N–H and O–H groups in total. The Kier molecular flexibility index (Phi) is 3.51. The van der Waals surface area contributed by atoms with Crippen LogP contribution in [0.4, 0.5) is 0 Å². The minimum Gasteiger partial charge on any atom is -0.378 e. The van der Waals surface area contributed by atoms with E-state index < -0.39 is 0 Å². The summed E-state index contributed by atoms with van der Waals surface area (Å²) < 4.78 is 5.66. The number of hydrogen-bond acceptors (Lipinski definition) is 1. The van der Waals surface area contributed by atoms with Crippen molar-refractivity contribution in [3.63, 3.8) is 0 Å². The van der Waals surface area contributed by atoms with Crippen molar-refractivity contribution in [1.82, 2.24) is 0 Å². The number of alkyl halides is 1. The average Bonchev–Trinajstić information content (AvgIpc) is 2.86. The van der Waals surface area contributed by atoms with Crippen molar-refractivity contribution >= 4 is 22.4 Å². The van der Waals surface area contributed by atoms with Crippen LogP contribution in [0.3, 0.4) is 0 Å². The summed E-state index contributed by atoms with van der Waals surface area (Å²) in [5, 5.41) is 2.62. The van der Waals surface area contributed by atoms with Crippen molar-refractivity contribution in [3.8, 4) is 0 Å². The van der Waals surface area contributed by atoms with Gasteiger partial charge < -0.3 is 4.74 Å². The molecule has 2 heteroatoms. The maximum atomic E-state index is 6.73. The van der Waals surface area contributed by atoms with Gasteiger partial charge in [-0.05, 0) is 42.2 Å². The first-order chi connectivity index (χ1) is 9.16. The molecule has 1 heterocycles. The smallest absolute Gasteiger partial charge is 0.0642 e. The molecular weight excluding hydrogens is 256 g/mol. The van der Waals surface area contributed by atoms with Crippen molar-refractivity contribution in [2.24, 2.45) is 5.92 Å². The van der Waals surface area contributed by atoms with Crippen molar-refractivity contribution in [1.29, 1.82) is 0 Å². The topological polar surface area (TPSA) is 9.23 Å². The number of aryl methyl sites for hydroxylation is 1. The number of ether oxygens (including phenoxy) is 1.